The lowest BCUT2D eigenvalue weighted by Crippen LogP contribution is -2.53. The molecule has 3 rings (SSSR count). The maximum Gasteiger partial charge on any atom is 0.242 e. The van der Waals surface area contributed by atoms with Gasteiger partial charge >= 0.3 is 0 Å². The van der Waals surface area contributed by atoms with Gasteiger partial charge in [0.05, 0.1) is 31.0 Å². The average Bonchev–Trinajstić information content (AvgIpc) is 2.94. The van der Waals surface area contributed by atoms with E-state index in [0.29, 0.717) is 0 Å². The first-order valence-corrected chi connectivity index (χ1v) is 11.9. The van der Waals surface area contributed by atoms with Crippen LogP contribution < -0.4 is 10.6 Å². The third kappa shape index (κ3) is 6.88. The molecule has 9 nitrogen and oxygen atoms in total. The molecule has 2 aliphatic rings. The van der Waals surface area contributed by atoms with E-state index in [1.165, 1.54) is 0 Å². The van der Waals surface area contributed by atoms with Crippen LogP contribution in [0.5, 0.6) is 0 Å². The van der Waals surface area contributed by atoms with Gasteiger partial charge in [-0.25, -0.2) is 4.98 Å². The van der Waals surface area contributed by atoms with Gasteiger partial charge in [-0.15, -0.1) is 0 Å². The predicted octanol–water partition coefficient (Wildman–Crippen LogP) is 0.883. The molecule has 2 amide bonds. The number of likely N-dealkylation sites (N-methyl/N-ethyl adjacent to an activating group) is 1. The van der Waals surface area contributed by atoms with E-state index in [1.54, 1.807) is 7.05 Å². The highest BCUT2D eigenvalue weighted by molar-refractivity contribution is 5.88. The Kier molecular flexibility index (Phi) is 8.67. The van der Waals surface area contributed by atoms with Crippen molar-refractivity contribution in [2.45, 2.75) is 52.7 Å². The number of morpholine rings is 1. The number of carbonyl (C=O) groups excluding carboxylic acids is 2. The molecule has 2 N–H and O–H groups in total. The minimum absolute atomic E-state index is 0.157. The molecule has 0 radical (unpaired) electrons. The van der Waals surface area contributed by atoms with Gasteiger partial charge in [0.2, 0.25) is 11.8 Å². The van der Waals surface area contributed by atoms with Crippen LogP contribution in [0, 0.1) is 5.41 Å². The summed E-state index contributed by atoms with van der Waals surface area (Å²) >= 11 is 0. The molecule has 1 atom stereocenters. The van der Waals surface area contributed by atoms with E-state index < -0.39 is 11.5 Å². The molecule has 1 fully saturated rings. The van der Waals surface area contributed by atoms with Crippen LogP contribution in [-0.4, -0.2) is 90.7 Å². The molecule has 0 spiro atoms. The fourth-order valence-corrected chi connectivity index (χ4v) is 4.36. The molecule has 0 aliphatic carbocycles. The number of nitrogens with one attached hydrogen (secondary N) is 2. The first-order chi connectivity index (χ1) is 15.7. The van der Waals surface area contributed by atoms with Crippen molar-refractivity contribution in [2.24, 2.45) is 5.41 Å². The van der Waals surface area contributed by atoms with Crippen molar-refractivity contribution >= 4 is 17.9 Å². The molecule has 33 heavy (non-hydrogen) atoms. The van der Waals surface area contributed by atoms with E-state index in [0.717, 1.165) is 76.1 Å². The van der Waals surface area contributed by atoms with E-state index in [1.807, 2.05) is 20.8 Å². The summed E-state index contributed by atoms with van der Waals surface area (Å²) in [6.07, 6.45) is 5.43. The smallest absolute Gasteiger partial charge is 0.242 e. The van der Waals surface area contributed by atoms with E-state index in [4.69, 9.17) is 9.72 Å². The molecular formula is C24H40N6O3. The molecule has 1 aromatic heterocycles. The molecule has 1 aromatic rings. The van der Waals surface area contributed by atoms with Crippen molar-refractivity contribution in [3.63, 3.8) is 0 Å². The van der Waals surface area contributed by atoms with Gasteiger partial charge in [0.25, 0.3) is 0 Å². The summed E-state index contributed by atoms with van der Waals surface area (Å²) in [5.74, 6) is 0.524. The molecular weight excluding hydrogens is 420 g/mol. The van der Waals surface area contributed by atoms with Crippen LogP contribution >= 0.6 is 0 Å². The van der Waals surface area contributed by atoms with Crippen molar-refractivity contribution in [3.05, 3.63) is 23.3 Å². The summed E-state index contributed by atoms with van der Waals surface area (Å²) in [6.45, 7) is 12.8. The number of hydrogen-bond donors (Lipinski definition) is 2. The molecule has 3 heterocycles. The largest absolute Gasteiger partial charge is 0.379 e. The summed E-state index contributed by atoms with van der Waals surface area (Å²) in [7, 11) is 3.69. The third-order valence-electron chi connectivity index (χ3n) is 6.27. The summed E-state index contributed by atoms with van der Waals surface area (Å²) in [5, 5.41) is 5.59. The number of rotatable bonds is 7. The van der Waals surface area contributed by atoms with Crippen LogP contribution in [0.25, 0.3) is 6.08 Å². The molecule has 1 saturated heterocycles. The minimum atomic E-state index is -0.605. The summed E-state index contributed by atoms with van der Waals surface area (Å²) < 4.78 is 7.68. The second kappa shape index (κ2) is 11.3. The highest BCUT2D eigenvalue weighted by Crippen LogP contribution is 2.22. The van der Waals surface area contributed by atoms with Crippen LogP contribution in [0.1, 0.15) is 44.4 Å². The Balaban J connectivity index is 1.77. The summed E-state index contributed by atoms with van der Waals surface area (Å²) in [5.41, 5.74) is 1.48. The number of amides is 2. The normalized spacial score (nSPS) is 19.2. The number of imidazole rings is 1. The van der Waals surface area contributed by atoms with Gasteiger partial charge in [-0.3, -0.25) is 14.5 Å². The summed E-state index contributed by atoms with van der Waals surface area (Å²) in [6, 6.07) is -0.605. The van der Waals surface area contributed by atoms with E-state index in [2.05, 4.69) is 44.2 Å². The van der Waals surface area contributed by atoms with Gasteiger partial charge < -0.3 is 24.8 Å². The lowest BCUT2D eigenvalue weighted by molar-refractivity contribution is -0.131. The lowest BCUT2D eigenvalue weighted by atomic mass is 9.86. The number of carbonyl (C=O) groups is 2. The van der Waals surface area contributed by atoms with Gasteiger partial charge in [0.15, 0.2) is 0 Å². The molecule has 9 heteroatoms. The van der Waals surface area contributed by atoms with Gasteiger partial charge in [0, 0.05) is 39.8 Å². The van der Waals surface area contributed by atoms with Crippen molar-refractivity contribution in [1.29, 1.82) is 0 Å². The second-order valence-electron chi connectivity index (χ2n) is 10.1. The Morgan fingerprint density at radius 1 is 1.18 bits per heavy atom. The van der Waals surface area contributed by atoms with Crippen molar-refractivity contribution in [1.82, 2.24) is 30.0 Å². The number of nitrogens with zero attached hydrogens (tertiary/aromatic N) is 4. The Hall–Kier alpha value is -2.23. The number of aromatic nitrogens is 2. The maximum atomic E-state index is 13.0. The standard InChI is InChI=1S/C24H40N6O3/c1-24(2,3)22(23(32)25-4)27-21(31)16-18-19-17-28(5)9-7-11-30(19)20(26-18)8-6-10-29-12-14-33-15-13-29/h6,8,22H,7,9-17H2,1-5H3,(H,25,32)(H,27,31)/b8-6+/t22-/m1/s1. The summed E-state index contributed by atoms with van der Waals surface area (Å²) in [4.78, 5) is 34.8. The molecule has 0 saturated carbocycles. The Morgan fingerprint density at radius 2 is 1.91 bits per heavy atom. The van der Waals surface area contributed by atoms with Gasteiger partial charge in [0.1, 0.15) is 11.9 Å². The average molecular weight is 461 g/mol. The molecule has 0 bridgehead atoms. The second-order valence-corrected chi connectivity index (χ2v) is 10.1. The van der Waals surface area contributed by atoms with E-state index >= 15 is 0 Å². The predicted molar refractivity (Wildman–Crippen MR) is 129 cm³/mol. The Labute approximate surface area is 197 Å². The maximum absolute atomic E-state index is 13.0. The lowest BCUT2D eigenvalue weighted by Gasteiger charge is -2.29. The Bertz CT molecular complexity index is 851. The van der Waals surface area contributed by atoms with Crippen LogP contribution in [0.2, 0.25) is 0 Å². The zero-order valence-corrected chi connectivity index (χ0v) is 20.8. The fraction of sp³-hybridized carbons (Fsp3) is 0.708. The minimum Gasteiger partial charge on any atom is -0.379 e. The quantitative estimate of drug-likeness (QED) is 0.628. The van der Waals surface area contributed by atoms with E-state index in [9.17, 15) is 9.59 Å². The molecule has 0 unspecified atom stereocenters. The van der Waals surface area contributed by atoms with Gasteiger partial charge in [-0.1, -0.05) is 26.8 Å². The fourth-order valence-electron chi connectivity index (χ4n) is 4.36. The van der Waals surface area contributed by atoms with Crippen molar-refractivity contribution in [2.75, 3.05) is 53.5 Å². The van der Waals surface area contributed by atoms with Crippen LogP contribution in [-0.2, 0) is 33.8 Å². The zero-order chi connectivity index (χ0) is 24.0. The number of fused-ring (bicyclic) bond motifs is 1. The topological polar surface area (TPSA) is 91.7 Å². The SMILES string of the molecule is CNC(=O)[C@@H](NC(=O)Cc1nc(/C=C/CN2CCOCC2)n2c1CN(C)CCC2)C(C)(C)C. The monoisotopic (exact) mass is 460 g/mol. The highest BCUT2D eigenvalue weighted by Gasteiger charge is 2.32. The zero-order valence-electron chi connectivity index (χ0n) is 20.8. The molecule has 2 aliphatic heterocycles. The van der Waals surface area contributed by atoms with Gasteiger partial charge in [-0.05, 0) is 31.5 Å². The van der Waals surface area contributed by atoms with Crippen LogP contribution in [0.4, 0.5) is 0 Å². The number of hydrogen-bond acceptors (Lipinski definition) is 6. The van der Waals surface area contributed by atoms with E-state index in [-0.39, 0.29) is 18.2 Å². The first kappa shape index (κ1) is 25.4. The molecule has 0 aromatic carbocycles. The Morgan fingerprint density at radius 3 is 2.58 bits per heavy atom. The van der Waals surface area contributed by atoms with Crippen molar-refractivity contribution < 1.29 is 14.3 Å². The first-order valence-electron chi connectivity index (χ1n) is 11.9. The molecule has 184 valence electrons. The third-order valence-corrected chi connectivity index (χ3v) is 6.27. The van der Waals surface area contributed by atoms with Crippen LogP contribution in [0.3, 0.4) is 0 Å². The van der Waals surface area contributed by atoms with Crippen molar-refractivity contribution in [3.8, 4) is 0 Å². The van der Waals surface area contributed by atoms with Gasteiger partial charge in [-0.2, -0.15) is 0 Å². The van der Waals surface area contributed by atoms with Crippen LogP contribution in [0.15, 0.2) is 6.08 Å². The number of ether oxygens (including phenoxy) is 1. The highest BCUT2D eigenvalue weighted by atomic mass is 16.5.